The Morgan fingerprint density at radius 2 is 1.47 bits per heavy atom. The minimum atomic E-state index is -1.11. The zero-order valence-corrected chi connectivity index (χ0v) is 18.4. The van der Waals surface area contributed by atoms with Crippen LogP contribution in [0.15, 0.2) is 60.7 Å². The molecule has 0 bridgehead atoms. The molecule has 1 saturated heterocycles. The Hall–Kier alpha value is -3.35. The van der Waals surface area contributed by atoms with Crippen molar-refractivity contribution in [3.8, 4) is 0 Å². The number of ether oxygens (including phenoxy) is 2. The summed E-state index contributed by atoms with van der Waals surface area (Å²) in [6.45, 7) is 2.86. The zero-order valence-electron chi connectivity index (χ0n) is 18.4. The third kappa shape index (κ3) is 6.57. The van der Waals surface area contributed by atoms with Gasteiger partial charge in [0.2, 0.25) is 12.0 Å². The second-order valence-corrected chi connectivity index (χ2v) is 7.75. The Kier molecular flexibility index (Phi) is 8.66. The Morgan fingerprint density at radius 1 is 0.875 bits per heavy atom. The molecule has 1 heterocycles. The second-order valence-electron chi connectivity index (χ2n) is 7.75. The van der Waals surface area contributed by atoms with Crippen LogP contribution in [0.4, 0.5) is 4.79 Å². The first-order chi connectivity index (χ1) is 15.6. The van der Waals surface area contributed by atoms with Gasteiger partial charge in [0.15, 0.2) is 0 Å². The van der Waals surface area contributed by atoms with Crippen molar-refractivity contribution in [2.45, 2.75) is 51.7 Å². The molecule has 2 amide bonds. The first-order valence-electron chi connectivity index (χ1n) is 11.1. The van der Waals surface area contributed by atoms with Crippen molar-refractivity contribution >= 4 is 18.0 Å². The summed E-state index contributed by atoms with van der Waals surface area (Å²) < 4.78 is 11.1. The van der Waals surface area contributed by atoms with Gasteiger partial charge in [0, 0.05) is 25.9 Å². The van der Waals surface area contributed by atoms with Crippen LogP contribution in [-0.4, -0.2) is 47.2 Å². The van der Waals surface area contributed by atoms with Gasteiger partial charge in [-0.2, -0.15) is 0 Å². The maximum atomic E-state index is 13.0. The average molecular weight is 439 g/mol. The molecule has 1 aliphatic heterocycles. The van der Waals surface area contributed by atoms with Gasteiger partial charge >= 0.3 is 12.1 Å². The van der Waals surface area contributed by atoms with Crippen molar-refractivity contribution < 1.29 is 23.9 Å². The molecule has 2 aromatic rings. The number of rotatable bonds is 8. The quantitative estimate of drug-likeness (QED) is 0.580. The largest absolute Gasteiger partial charge is 0.458 e. The second kappa shape index (κ2) is 11.9. The van der Waals surface area contributed by atoms with E-state index in [-0.39, 0.29) is 18.9 Å². The summed E-state index contributed by atoms with van der Waals surface area (Å²) in [6.07, 6.45) is 1.03. The Morgan fingerprint density at radius 3 is 2.09 bits per heavy atom. The lowest BCUT2D eigenvalue weighted by Gasteiger charge is -2.38. The number of carbonyl (C=O) groups excluding carboxylic acids is 3. The molecule has 32 heavy (non-hydrogen) atoms. The Labute approximate surface area is 188 Å². The minimum Gasteiger partial charge on any atom is -0.458 e. The molecule has 1 atom stereocenters. The molecule has 7 heteroatoms. The lowest BCUT2D eigenvalue weighted by atomic mass is 10.1. The van der Waals surface area contributed by atoms with Gasteiger partial charge in [-0.25, -0.2) is 19.6 Å². The van der Waals surface area contributed by atoms with Gasteiger partial charge in [0.05, 0.1) is 0 Å². The van der Waals surface area contributed by atoms with Crippen LogP contribution >= 0.6 is 0 Å². The molecular formula is C25H30N2O5. The fourth-order valence-electron chi connectivity index (χ4n) is 3.56. The fraction of sp³-hybridized carbons (Fsp3) is 0.400. The number of carbonyl (C=O) groups is 3. The summed E-state index contributed by atoms with van der Waals surface area (Å²) in [5.74, 6) is -0.732. The summed E-state index contributed by atoms with van der Waals surface area (Å²) in [6, 6.07) is 18.7. The van der Waals surface area contributed by atoms with Gasteiger partial charge in [-0.3, -0.25) is 4.79 Å². The van der Waals surface area contributed by atoms with E-state index in [1.807, 2.05) is 67.6 Å². The molecule has 0 spiro atoms. The molecule has 0 N–H and O–H groups in total. The topological polar surface area (TPSA) is 76.2 Å². The van der Waals surface area contributed by atoms with Gasteiger partial charge in [-0.05, 0) is 30.4 Å². The molecule has 2 aromatic carbocycles. The number of esters is 1. The number of nitrogens with zero attached hydrogens (tertiary/aromatic N) is 2. The third-order valence-corrected chi connectivity index (χ3v) is 5.24. The van der Waals surface area contributed by atoms with Crippen LogP contribution in [0, 0.1) is 0 Å². The van der Waals surface area contributed by atoms with Gasteiger partial charge in [0.25, 0.3) is 0 Å². The molecule has 3 rings (SSSR count). The summed E-state index contributed by atoms with van der Waals surface area (Å²) in [5, 5.41) is 2.77. The maximum absolute atomic E-state index is 13.0. The number of benzene rings is 2. The number of amides is 2. The predicted octanol–water partition coefficient (Wildman–Crippen LogP) is 4.12. The molecule has 0 radical (unpaired) electrons. The summed E-state index contributed by atoms with van der Waals surface area (Å²) in [7, 11) is 0. The lowest BCUT2D eigenvalue weighted by Crippen LogP contribution is -2.54. The molecule has 170 valence electrons. The van der Waals surface area contributed by atoms with Gasteiger partial charge in [-0.1, -0.05) is 67.6 Å². The predicted molar refractivity (Wildman–Crippen MR) is 119 cm³/mol. The molecule has 0 aromatic heterocycles. The molecular weight excluding hydrogens is 408 g/mol. The van der Waals surface area contributed by atoms with Crippen LogP contribution in [0.1, 0.15) is 43.7 Å². The monoisotopic (exact) mass is 438 g/mol. The summed E-state index contributed by atoms with van der Waals surface area (Å²) >= 11 is 0. The van der Waals surface area contributed by atoms with E-state index in [4.69, 9.17) is 9.47 Å². The van der Waals surface area contributed by atoms with Crippen molar-refractivity contribution in [2.75, 3.05) is 13.1 Å². The highest BCUT2D eigenvalue weighted by atomic mass is 16.6. The van der Waals surface area contributed by atoms with Crippen LogP contribution in [0.3, 0.4) is 0 Å². The van der Waals surface area contributed by atoms with E-state index in [0.29, 0.717) is 25.9 Å². The lowest BCUT2D eigenvalue weighted by molar-refractivity contribution is -0.159. The summed E-state index contributed by atoms with van der Waals surface area (Å²) in [4.78, 5) is 38.3. The third-order valence-electron chi connectivity index (χ3n) is 5.24. The van der Waals surface area contributed by atoms with Gasteiger partial charge in [0.1, 0.15) is 6.61 Å². The van der Waals surface area contributed by atoms with E-state index in [0.717, 1.165) is 24.0 Å². The first-order valence-corrected chi connectivity index (χ1v) is 11.1. The molecule has 1 aliphatic rings. The molecule has 7 nitrogen and oxygen atoms in total. The van der Waals surface area contributed by atoms with Crippen molar-refractivity contribution in [3.05, 3.63) is 71.8 Å². The SMILES string of the molecule is CCCC(=O)N1CCCCN1C(=O)O[C@@H](Cc1ccccc1)C(=O)OCc1ccccc1. The van der Waals surface area contributed by atoms with Crippen molar-refractivity contribution in [2.24, 2.45) is 0 Å². The fourth-order valence-corrected chi connectivity index (χ4v) is 3.56. The van der Waals surface area contributed by atoms with Crippen molar-refractivity contribution in [3.63, 3.8) is 0 Å². The molecule has 1 fully saturated rings. The van der Waals surface area contributed by atoms with Gasteiger partial charge in [-0.15, -0.1) is 0 Å². The van der Waals surface area contributed by atoms with Gasteiger partial charge < -0.3 is 9.47 Å². The average Bonchev–Trinajstić information content (AvgIpc) is 2.83. The highest BCUT2D eigenvalue weighted by molar-refractivity contribution is 5.82. The van der Waals surface area contributed by atoms with Crippen LogP contribution in [-0.2, 0) is 32.1 Å². The molecule has 0 saturated carbocycles. The van der Waals surface area contributed by atoms with Crippen LogP contribution in [0.2, 0.25) is 0 Å². The molecule has 0 unspecified atom stereocenters. The highest BCUT2D eigenvalue weighted by Gasteiger charge is 2.33. The van der Waals surface area contributed by atoms with Crippen LogP contribution < -0.4 is 0 Å². The normalized spacial score (nSPS) is 14.5. The van der Waals surface area contributed by atoms with Crippen LogP contribution in [0.25, 0.3) is 0 Å². The van der Waals surface area contributed by atoms with E-state index in [9.17, 15) is 14.4 Å². The van der Waals surface area contributed by atoms with E-state index >= 15 is 0 Å². The van der Waals surface area contributed by atoms with Crippen molar-refractivity contribution in [1.82, 2.24) is 10.0 Å². The van der Waals surface area contributed by atoms with E-state index in [1.165, 1.54) is 10.0 Å². The standard InChI is InChI=1S/C25H30N2O5/c1-2-11-23(28)26-16-9-10-17-27(26)25(30)32-22(18-20-12-5-3-6-13-20)24(29)31-19-21-14-7-4-8-15-21/h3-8,12-15,22H,2,9-11,16-19H2,1H3/t22-/m0/s1. The number of hydrogen-bond acceptors (Lipinski definition) is 5. The van der Waals surface area contributed by atoms with Crippen LogP contribution in [0.5, 0.6) is 0 Å². The Bertz CT molecular complexity index is 888. The molecule has 0 aliphatic carbocycles. The first kappa shape index (κ1) is 23.3. The number of hydrazine groups is 1. The maximum Gasteiger partial charge on any atom is 0.429 e. The van der Waals surface area contributed by atoms with E-state index in [2.05, 4.69) is 0 Å². The van der Waals surface area contributed by atoms with E-state index < -0.39 is 18.2 Å². The highest BCUT2D eigenvalue weighted by Crippen LogP contribution is 2.17. The number of hydrogen-bond donors (Lipinski definition) is 0. The van der Waals surface area contributed by atoms with E-state index in [1.54, 1.807) is 0 Å². The summed E-state index contributed by atoms with van der Waals surface area (Å²) in [5.41, 5.74) is 1.69. The van der Waals surface area contributed by atoms with Crippen molar-refractivity contribution in [1.29, 1.82) is 0 Å². The zero-order chi connectivity index (χ0) is 22.8. The minimum absolute atomic E-state index is 0.0906. The smallest absolute Gasteiger partial charge is 0.429 e. The Balaban J connectivity index is 1.71.